The van der Waals surface area contributed by atoms with Gasteiger partial charge in [-0.3, -0.25) is 9.78 Å². The Balaban J connectivity index is 1.36. The molecule has 0 amide bonds. The van der Waals surface area contributed by atoms with E-state index < -0.39 is 0 Å². The maximum atomic E-state index is 12.9. The zero-order valence-corrected chi connectivity index (χ0v) is 23.5. The van der Waals surface area contributed by atoms with Crippen LogP contribution in [0.15, 0.2) is 61.2 Å². The number of hydrogen-bond donors (Lipinski definition) is 0. The Morgan fingerprint density at radius 3 is 2.62 bits per heavy atom. The van der Waals surface area contributed by atoms with Gasteiger partial charge in [0, 0.05) is 55.1 Å². The second-order valence-corrected chi connectivity index (χ2v) is 11.2. The van der Waals surface area contributed by atoms with E-state index in [4.69, 9.17) is 9.72 Å². The summed E-state index contributed by atoms with van der Waals surface area (Å²) in [5, 5.41) is 14.0. The third kappa shape index (κ3) is 5.99. The van der Waals surface area contributed by atoms with Gasteiger partial charge in [0.15, 0.2) is 0 Å². The Hall–Kier alpha value is -4.25. The summed E-state index contributed by atoms with van der Waals surface area (Å²) in [5.41, 5.74) is 3.97. The first-order valence-electron chi connectivity index (χ1n) is 14.1. The van der Waals surface area contributed by atoms with Crippen LogP contribution < -0.4 is 9.64 Å². The first kappa shape index (κ1) is 27.3. The van der Waals surface area contributed by atoms with Crippen LogP contribution in [0, 0.1) is 22.7 Å². The van der Waals surface area contributed by atoms with Crippen LogP contribution in [-0.2, 0) is 11.2 Å². The summed E-state index contributed by atoms with van der Waals surface area (Å²) >= 11 is 0. The van der Waals surface area contributed by atoms with Gasteiger partial charge >= 0.3 is 0 Å². The van der Waals surface area contributed by atoms with Gasteiger partial charge in [-0.05, 0) is 67.9 Å². The van der Waals surface area contributed by atoms with Crippen LogP contribution in [0.2, 0.25) is 0 Å². The van der Waals surface area contributed by atoms with Gasteiger partial charge in [-0.15, -0.1) is 0 Å². The quantitative estimate of drug-likeness (QED) is 0.249. The van der Waals surface area contributed by atoms with Gasteiger partial charge < -0.3 is 9.64 Å². The lowest BCUT2D eigenvalue weighted by Gasteiger charge is -2.42. The smallest absolute Gasteiger partial charge is 0.138 e. The molecule has 1 saturated heterocycles. The highest BCUT2D eigenvalue weighted by Gasteiger charge is 2.37. The van der Waals surface area contributed by atoms with E-state index in [0.29, 0.717) is 42.5 Å². The van der Waals surface area contributed by atoms with Crippen molar-refractivity contribution in [1.29, 1.82) is 5.26 Å². The van der Waals surface area contributed by atoms with Gasteiger partial charge in [0.2, 0.25) is 0 Å². The fraction of sp³-hybridized carbons (Fsp3) is 0.406. The first-order valence-corrected chi connectivity index (χ1v) is 14.1. The van der Waals surface area contributed by atoms with E-state index in [1.54, 1.807) is 16.9 Å². The summed E-state index contributed by atoms with van der Waals surface area (Å²) in [4.78, 5) is 24.7. The second-order valence-electron chi connectivity index (χ2n) is 11.2. The minimum atomic E-state index is -0.0855. The summed E-state index contributed by atoms with van der Waals surface area (Å²) < 4.78 is 7.44. The van der Waals surface area contributed by atoms with E-state index in [1.807, 2.05) is 49.6 Å². The predicted molar refractivity (Wildman–Crippen MR) is 155 cm³/mol. The van der Waals surface area contributed by atoms with Gasteiger partial charge in [0.25, 0.3) is 0 Å². The maximum Gasteiger partial charge on any atom is 0.138 e. The van der Waals surface area contributed by atoms with Crippen LogP contribution in [0.1, 0.15) is 57.7 Å². The number of carbonyl (C=O) groups excluding carboxylic acids is 1. The molecule has 4 aromatic heterocycles. The molecule has 0 unspecified atom stereocenters. The molecule has 5 rings (SSSR count). The molecule has 8 nitrogen and oxygen atoms in total. The molecule has 1 aliphatic heterocycles. The Morgan fingerprint density at radius 1 is 1.15 bits per heavy atom. The fourth-order valence-electron chi connectivity index (χ4n) is 5.84. The number of aromatic nitrogens is 4. The van der Waals surface area contributed by atoms with Crippen LogP contribution in [0.4, 0.5) is 5.82 Å². The largest absolute Gasteiger partial charge is 0.492 e. The number of hydrogen-bond acceptors (Lipinski definition) is 7. The van der Waals surface area contributed by atoms with Gasteiger partial charge in [-0.2, -0.15) is 10.4 Å². The zero-order valence-electron chi connectivity index (χ0n) is 23.5. The Kier molecular flexibility index (Phi) is 8.11. The van der Waals surface area contributed by atoms with Crippen molar-refractivity contribution in [3.05, 3.63) is 72.4 Å². The number of carbonyl (C=O) groups is 1. The molecule has 0 aromatic carbocycles. The van der Waals surface area contributed by atoms with Gasteiger partial charge in [0.05, 0.1) is 30.1 Å². The number of anilines is 1. The molecule has 0 atom stereocenters. The molecule has 0 spiro atoms. The SMILES string of the molecule is CCOc1cc(-c2ccc(N3CCC(CC(=O)CC(C)C)(Cc4ccccn4)CC3)nc2)c2c(C#N)cnn2c1. The second kappa shape index (κ2) is 11.9. The van der Waals surface area contributed by atoms with Crippen molar-refractivity contribution in [3.63, 3.8) is 0 Å². The topological polar surface area (TPSA) is 96.4 Å². The highest BCUT2D eigenvalue weighted by Crippen LogP contribution is 2.40. The van der Waals surface area contributed by atoms with Crippen molar-refractivity contribution in [3.8, 4) is 22.9 Å². The Morgan fingerprint density at radius 2 is 1.98 bits per heavy atom. The molecular weight excluding hydrogens is 500 g/mol. The average Bonchev–Trinajstić information content (AvgIpc) is 3.36. The van der Waals surface area contributed by atoms with Crippen molar-refractivity contribution in [2.75, 3.05) is 24.6 Å². The standard InChI is InChI=1S/C32H36N6O2/c1-4-40-28-16-29(31-25(19-33)21-36-38(31)22-28)24-8-9-30(35-20-24)37-13-10-32(11-14-37,18-27(39)15-23(2)3)17-26-7-5-6-12-34-26/h5-9,12,16,20-23H,4,10-11,13-15,17-18H2,1-3H3. The zero-order chi connectivity index (χ0) is 28.1. The molecule has 0 aliphatic carbocycles. The van der Waals surface area contributed by atoms with Crippen LogP contribution in [0.3, 0.4) is 0 Å². The van der Waals surface area contributed by atoms with Crippen molar-refractivity contribution in [1.82, 2.24) is 19.6 Å². The molecule has 0 radical (unpaired) electrons. The lowest BCUT2D eigenvalue weighted by atomic mass is 9.70. The molecule has 5 heterocycles. The lowest BCUT2D eigenvalue weighted by Crippen LogP contribution is -2.43. The van der Waals surface area contributed by atoms with Crippen molar-refractivity contribution in [2.24, 2.45) is 11.3 Å². The van der Waals surface area contributed by atoms with E-state index in [0.717, 1.165) is 60.5 Å². The van der Waals surface area contributed by atoms with Crippen molar-refractivity contribution < 1.29 is 9.53 Å². The molecule has 0 saturated carbocycles. The van der Waals surface area contributed by atoms with E-state index in [1.165, 1.54) is 0 Å². The molecule has 0 N–H and O–H groups in total. The van der Waals surface area contributed by atoms with E-state index >= 15 is 0 Å². The molecule has 206 valence electrons. The van der Waals surface area contributed by atoms with Crippen LogP contribution in [0.25, 0.3) is 16.6 Å². The van der Waals surface area contributed by atoms with E-state index in [2.05, 4.69) is 41.0 Å². The Bertz CT molecular complexity index is 1500. The first-order chi connectivity index (χ1) is 19.4. The molecule has 1 fully saturated rings. The summed E-state index contributed by atoms with van der Waals surface area (Å²) in [5.74, 6) is 2.31. The van der Waals surface area contributed by atoms with Crippen LogP contribution >= 0.6 is 0 Å². The molecule has 4 aromatic rings. The Labute approximate surface area is 235 Å². The van der Waals surface area contributed by atoms with Gasteiger partial charge in [0.1, 0.15) is 23.4 Å². The number of pyridine rings is 3. The number of ether oxygens (including phenoxy) is 1. The third-order valence-corrected chi connectivity index (χ3v) is 7.72. The van der Waals surface area contributed by atoms with Gasteiger partial charge in [-0.1, -0.05) is 19.9 Å². The normalized spacial score (nSPS) is 14.8. The van der Waals surface area contributed by atoms with Crippen LogP contribution in [-0.4, -0.2) is 45.1 Å². The van der Waals surface area contributed by atoms with Crippen molar-refractivity contribution >= 4 is 17.1 Å². The maximum absolute atomic E-state index is 12.9. The van der Waals surface area contributed by atoms with Crippen LogP contribution in [0.5, 0.6) is 5.75 Å². The summed E-state index contributed by atoms with van der Waals surface area (Å²) in [7, 11) is 0. The van der Waals surface area contributed by atoms with E-state index in [9.17, 15) is 10.1 Å². The summed E-state index contributed by atoms with van der Waals surface area (Å²) in [6.07, 6.45) is 10.9. The molecular formula is C32H36N6O2. The monoisotopic (exact) mass is 536 g/mol. The fourth-order valence-corrected chi connectivity index (χ4v) is 5.84. The minimum Gasteiger partial charge on any atom is -0.492 e. The number of Topliss-reactive ketones (excluding diaryl/α,β-unsaturated/α-hetero) is 1. The number of nitrogens with zero attached hydrogens (tertiary/aromatic N) is 6. The lowest BCUT2D eigenvalue weighted by molar-refractivity contribution is -0.122. The molecule has 8 heteroatoms. The third-order valence-electron chi connectivity index (χ3n) is 7.72. The number of piperidine rings is 1. The summed E-state index contributed by atoms with van der Waals surface area (Å²) in [6, 6.07) is 14.3. The minimum absolute atomic E-state index is 0.0855. The highest BCUT2D eigenvalue weighted by atomic mass is 16.5. The van der Waals surface area contributed by atoms with Gasteiger partial charge in [-0.25, -0.2) is 9.50 Å². The number of ketones is 1. The van der Waals surface area contributed by atoms with Crippen molar-refractivity contribution in [2.45, 2.75) is 52.9 Å². The number of nitriles is 1. The number of rotatable bonds is 10. The number of fused-ring (bicyclic) bond motifs is 1. The average molecular weight is 537 g/mol. The molecule has 1 aliphatic rings. The predicted octanol–water partition coefficient (Wildman–Crippen LogP) is 5.90. The summed E-state index contributed by atoms with van der Waals surface area (Å²) in [6.45, 7) is 8.35. The molecule has 40 heavy (non-hydrogen) atoms. The van der Waals surface area contributed by atoms with E-state index in [-0.39, 0.29) is 5.41 Å². The molecule has 0 bridgehead atoms. The highest BCUT2D eigenvalue weighted by molar-refractivity contribution is 5.85.